The van der Waals surface area contributed by atoms with E-state index >= 15 is 0 Å². The molecular weight excluding hydrogens is 676 g/mol. The highest BCUT2D eigenvalue weighted by Crippen LogP contribution is 2.28. The van der Waals surface area contributed by atoms with Gasteiger partial charge in [-0.3, -0.25) is 14.4 Å². The number of rotatable bonds is 19. The van der Waals surface area contributed by atoms with E-state index in [-0.39, 0.29) is 31.1 Å². The standard InChI is InChI=1S/C38H53F2N5O7/c1-6-8-9-10-11-17-26(3)31(35(49)51-7-2)44-33(47)29-20-16-23-45(29)30(46)24-41-36(50)52-25-37(4,5)21-14-15-22-38(39,40)32-34(48)43-28-19-13-12-18-27(28)42-32/h11-13,15,17-19,22,26,29,31H,6-10,14,16,20-21,23-25H2,1-5H3,(H,41,50)(H,43,48)(H,44,47)/b17-11-,22-15+. The fraction of sp³-hybridized carbons (Fsp3) is 0.579. The maximum atomic E-state index is 14.8. The number of unbranched alkanes of at least 4 members (excludes halogenated alkanes) is 3. The molecule has 0 radical (unpaired) electrons. The third-order valence-electron chi connectivity index (χ3n) is 8.86. The Balaban J connectivity index is 1.47. The van der Waals surface area contributed by atoms with Crippen molar-refractivity contribution in [3.8, 4) is 0 Å². The first-order valence-electron chi connectivity index (χ1n) is 18.1. The Morgan fingerprint density at radius 1 is 1.10 bits per heavy atom. The summed E-state index contributed by atoms with van der Waals surface area (Å²) in [5, 5.41) is 5.22. The van der Waals surface area contributed by atoms with Gasteiger partial charge in [0.15, 0.2) is 5.69 Å². The van der Waals surface area contributed by atoms with E-state index in [0.717, 1.165) is 25.7 Å². The zero-order chi connectivity index (χ0) is 38.3. The smallest absolute Gasteiger partial charge is 0.407 e. The van der Waals surface area contributed by atoms with E-state index in [9.17, 15) is 32.8 Å². The van der Waals surface area contributed by atoms with Gasteiger partial charge in [-0.25, -0.2) is 14.6 Å². The number of hydrogen-bond acceptors (Lipinski definition) is 8. The van der Waals surface area contributed by atoms with Crippen molar-refractivity contribution in [1.82, 2.24) is 25.5 Å². The van der Waals surface area contributed by atoms with Crippen molar-refractivity contribution in [2.75, 3.05) is 26.3 Å². The SMILES string of the molecule is CCCCC/C=C\C(C)C(NC(=O)C1CCCN1C(=O)CNC(=O)OCC(C)(C)CC/C=C/C(F)(F)c1nc2ccccc2[nH]c1=O)C(=O)OCC. The number of esters is 1. The lowest BCUT2D eigenvalue weighted by molar-refractivity contribution is -0.149. The zero-order valence-corrected chi connectivity index (χ0v) is 30.8. The van der Waals surface area contributed by atoms with Crippen molar-refractivity contribution in [2.24, 2.45) is 11.3 Å². The zero-order valence-electron chi connectivity index (χ0n) is 30.8. The molecule has 1 aromatic heterocycles. The number of allylic oxidation sites excluding steroid dienone is 3. The number of benzene rings is 1. The molecule has 1 aliphatic rings. The summed E-state index contributed by atoms with van der Waals surface area (Å²) in [5.74, 6) is -5.41. The summed E-state index contributed by atoms with van der Waals surface area (Å²) in [6, 6.07) is 4.70. The largest absolute Gasteiger partial charge is 0.464 e. The van der Waals surface area contributed by atoms with Gasteiger partial charge in [-0.2, -0.15) is 8.78 Å². The first-order valence-corrected chi connectivity index (χ1v) is 18.1. The number of H-pyrrole nitrogens is 1. The lowest BCUT2D eigenvalue weighted by Gasteiger charge is -2.28. The van der Waals surface area contributed by atoms with E-state index in [1.54, 1.807) is 39.0 Å². The number of alkyl halides is 2. The molecule has 12 nitrogen and oxygen atoms in total. The van der Waals surface area contributed by atoms with Crippen molar-refractivity contribution >= 4 is 34.9 Å². The van der Waals surface area contributed by atoms with Crippen molar-refractivity contribution in [2.45, 2.75) is 104 Å². The molecule has 2 heterocycles. The van der Waals surface area contributed by atoms with E-state index in [1.165, 1.54) is 17.0 Å². The van der Waals surface area contributed by atoms with Gasteiger partial charge in [-0.15, -0.1) is 0 Å². The van der Waals surface area contributed by atoms with Gasteiger partial charge in [0.1, 0.15) is 18.6 Å². The van der Waals surface area contributed by atoms with Crippen molar-refractivity contribution < 1.29 is 37.4 Å². The molecule has 1 aliphatic heterocycles. The molecule has 0 aliphatic carbocycles. The van der Waals surface area contributed by atoms with Crippen LogP contribution < -0.4 is 16.2 Å². The highest BCUT2D eigenvalue weighted by atomic mass is 19.3. The molecule has 3 atom stereocenters. The monoisotopic (exact) mass is 729 g/mol. The maximum Gasteiger partial charge on any atom is 0.407 e. The fourth-order valence-electron chi connectivity index (χ4n) is 5.83. The second-order valence-electron chi connectivity index (χ2n) is 13.9. The van der Waals surface area contributed by atoms with Crippen LogP contribution in [-0.4, -0.2) is 77.1 Å². The van der Waals surface area contributed by atoms with Gasteiger partial charge in [-0.1, -0.05) is 70.9 Å². The molecule has 14 heteroatoms. The van der Waals surface area contributed by atoms with Crippen LogP contribution in [0.15, 0.2) is 53.4 Å². The van der Waals surface area contributed by atoms with E-state index in [0.29, 0.717) is 37.4 Å². The Hall–Kier alpha value is -4.62. The van der Waals surface area contributed by atoms with Gasteiger partial charge in [0.2, 0.25) is 11.8 Å². The van der Waals surface area contributed by atoms with Gasteiger partial charge >= 0.3 is 18.0 Å². The summed E-state index contributed by atoms with van der Waals surface area (Å²) in [4.78, 5) is 71.6. The molecule has 0 spiro atoms. The van der Waals surface area contributed by atoms with E-state index in [2.05, 4.69) is 27.5 Å². The summed E-state index contributed by atoms with van der Waals surface area (Å²) in [6.07, 6.45) is 10.6. The second-order valence-corrected chi connectivity index (χ2v) is 13.9. The number of aromatic nitrogens is 2. The van der Waals surface area contributed by atoms with Crippen molar-refractivity contribution in [3.05, 3.63) is 64.6 Å². The molecule has 1 fully saturated rings. The number of para-hydroxylation sites is 2. The number of nitrogens with one attached hydrogen (secondary N) is 3. The van der Waals surface area contributed by atoms with Crippen molar-refractivity contribution in [3.63, 3.8) is 0 Å². The molecule has 1 saturated heterocycles. The van der Waals surface area contributed by atoms with E-state index < -0.39 is 65.1 Å². The number of hydrogen-bond donors (Lipinski definition) is 3. The molecule has 2 aromatic rings. The topological polar surface area (TPSA) is 160 Å². The number of carbonyl (C=O) groups excluding carboxylic acids is 4. The number of amides is 3. The number of ether oxygens (including phenoxy) is 2. The van der Waals surface area contributed by atoms with Crippen LogP contribution in [0.25, 0.3) is 11.0 Å². The Morgan fingerprint density at radius 2 is 1.85 bits per heavy atom. The second kappa shape index (κ2) is 19.8. The van der Waals surface area contributed by atoms with Crippen molar-refractivity contribution in [1.29, 1.82) is 0 Å². The number of alkyl carbamates (subject to hydrolysis) is 1. The summed E-state index contributed by atoms with van der Waals surface area (Å²) >= 11 is 0. The molecule has 3 amide bonds. The van der Waals surface area contributed by atoms with Crippen LogP contribution in [0, 0.1) is 11.3 Å². The van der Waals surface area contributed by atoms with Crippen LogP contribution in [0.2, 0.25) is 0 Å². The van der Waals surface area contributed by atoms with Crippen LogP contribution in [-0.2, 0) is 29.8 Å². The molecular formula is C38H53F2N5O7. The van der Waals surface area contributed by atoms with Crippen LogP contribution in [0.4, 0.5) is 13.6 Å². The molecule has 0 saturated carbocycles. The Morgan fingerprint density at radius 3 is 2.58 bits per heavy atom. The lowest BCUT2D eigenvalue weighted by Crippen LogP contribution is -2.54. The maximum absolute atomic E-state index is 14.8. The molecule has 3 unspecified atom stereocenters. The molecule has 3 N–H and O–H groups in total. The third kappa shape index (κ3) is 12.6. The Kier molecular flexibility index (Phi) is 15.9. The van der Waals surface area contributed by atoms with Gasteiger partial charge in [0.05, 0.1) is 24.2 Å². The van der Waals surface area contributed by atoms with Gasteiger partial charge in [0, 0.05) is 12.5 Å². The number of aromatic amines is 1. The average molecular weight is 730 g/mol. The predicted molar refractivity (Wildman–Crippen MR) is 194 cm³/mol. The van der Waals surface area contributed by atoms with Gasteiger partial charge in [0.25, 0.3) is 5.56 Å². The van der Waals surface area contributed by atoms with E-state index in [1.807, 2.05) is 19.1 Å². The summed E-state index contributed by atoms with van der Waals surface area (Å²) in [7, 11) is 0. The molecule has 0 bridgehead atoms. The number of nitrogens with zero attached hydrogens (tertiary/aromatic N) is 2. The summed E-state index contributed by atoms with van der Waals surface area (Å²) in [5.41, 5.74) is -1.85. The summed E-state index contributed by atoms with van der Waals surface area (Å²) < 4.78 is 40.2. The number of halogens is 2. The normalized spacial score (nSPS) is 16.3. The van der Waals surface area contributed by atoms with Crippen LogP contribution in [0.3, 0.4) is 0 Å². The molecule has 3 rings (SSSR count). The van der Waals surface area contributed by atoms with E-state index in [4.69, 9.17) is 9.47 Å². The Labute approximate surface area is 303 Å². The first kappa shape index (κ1) is 41.8. The Bertz CT molecular complexity index is 1640. The number of likely N-dealkylation sites (tertiary alicyclic amines) is 1. The average Bonchev–Trinajstić information content (AvgIpc) is 3.60. The number of carbonyl (C=O) groups is 4. The highest BCUT2D eigenvalue weighted by molar-refractivity contribution is 5.92. The van der Waals surface area contributed by atoms with Crippen LogP contribution in [0.1, 0.15) is 91.7 Å². The van der Waals surface area contributed by atoms with Crippen LogP contribution in [0.5, 0.6) is 0 Å². The summed E-state index contributed by atoms with van der Waals surface area (Å²) in [6.45, 7) is 9.26. The van der Waals surface area contributed by atoms with Crippen LogP contribution >= 0.6 is 0 Å². The lowest BCUT2D eigenvalue weighted by atomic mass is 9.89. The minimum atomic E-state index is -3.59. The minimum absolute atomic E-state index is 0.0572. The number of fused-ring (bicyclic) bond motifs is 1. The molecule has 286 valence electrons. The fourth-order valence-corrected chi connectivity index (χ4v) is 5.83. The molecule has 1 aromatic carbocycles. The predicted octanol–water partition coefficient (Wildman–Crippen LogP) is 5.92. The van der Waals surface area contributed by atoms with Gasteiger partial charge in [-0.05, 0) is 69.1 Å². The third-order valence-corrected chi connectivity index (χ3v) is 8.86. The minimum Gasteiger partial charge on any atom is -0.464 e. The molecule has 52 heavy (non-hydrogen) atoms. The quantitative estimate of drug-likeness (QED) is 0.0914. The van der Waals surface area contributed by atoms with Gasteiger partial charge < -0.3 is 30.0 Å². The highest BCUT2D eigenvalue weighted by Gasteiger charge is 2.37. The first-order chi connectivity index (χ1) is 24.7.